The lowest BCUT2D eigenvalue weighted by molar-refractivity contribution is -0.141. The van der Waals surface area contributed by atoms with Gasteiger partial charge in [-0.3, -0.25) is 14.5 Å². The maximum Gasteiger partial charge on any atom is 0.237 e. The molecule has 0 spiro atoms. The number of nitrogens with zero attached hydrogens (tertiary/aromatic N) is 2. The number of aliphatic hydroxyl groups is 1. The van der Waals surface area contributed by atoms with E-state index in [9.17, 15) is 9.59 Å². The summed E-state index contributed by atoms with van der Waals surface area (Å²) in [6.07, 6.45) is 2.63. The number of nitrogens with one attached hydrogen (secondary N) is 1. The van der Waals surface area contributed by atoms with Crippen LogP contribution in [0.1, 0.15) is 37.8 Å². The monoisotopic (exact) mass is 373 g/mol. The molecule has 0 saturated carbocycles. The zero-order valence-electron chi connectivity index (χ0n) is 16.4. The maximum atomic E-state index is 12.9. The molecule has 1 aromatic carbocycles. The van der Waals surface area contributed by atoms with Crippen molar-refractivity contribution >= 4 is 11.8 Å². The molecule has 1 saturated heterocycles. The Morgan fingerprint density at radius 2 is 1.96 bits per heavy atom. The van der Waals surface area contributed by atoms with E-state index < -0.39 is 6.04 Å². The van der Waals surface area contributed by atoms with E-state index in [1.807, 2.05) is 13.8 Å². The number of hydrogen-bond acceptors (Lipinski definition) is 4. The van der Waals surface area contributed by atoms with E-state index in [1.165, 1.54) is 11.1 Å². The fraction of sp³-hybridized carbons (Fsp3) is 0.619. The Labute approximate surface area is 161 Å². The van der Waals surface area contributed by atoms with Crippen molar-refractivity contribution in [1.82, 2.24) is 15.1 Å². The number of carbonyl (C=O) groups is 2. The Morgan fingerprint density at radius 3 is 2.56 bits per heavy atom. The van der Waals surface area contributed by atoms with E-state index in [4.69, 9.17) is 5.11 Å². The molecule has 6 nitrogen and oxygen atoms in total. The van der Waals surface area contributed by atoms with Crippen molar-refractivity contribution in [3.63, 3.8) is 0 Å². The normalized spacial score (nSPS) is 20.6. The van der Waals surface area contributed by atoms with Crippen LogP contribution in [-0.2, 0) is 22.4 Å². The SMILES string of the molecule is CC(C)N(CCCO)C(=O)CC1C(=O)NCCN1C1Cc2ccccc2C1. The number of aliphatic hydroxyl groups excluding tert-OH is 1. The summed E-state index contributed by atoms with van der Waals surface area (Å²) in [5.41, 5.74) is 2.70. The van der Waals surface area contributed by atoms with Gasteiger partial charge in [0, 0.05) is 38.3 Å². The number of piperazine rings is 1. The second-order valence-corrected chi connectivity index (χ2v) is 7.84. The second-order valence-electron chi connectivity index (χ2n) is 7.84. The summed E-state index contributed by atoms with van der Waals surface area (Å²) in [4.78, 5) is 29.5. The zero-order chi connectivity index (χ0) is 19.4. The Balaban J connectivity index is 1.71. The minimum absolute atomic E-state index is 0.0130. The van der Waals surface area contributed by atoms with Crippen molar-refractivity contribution in [2.75, 3.05) is 26.2 Å². The summed E-state index contributed by atoms with van der Waals surface area (Å²) in [5.74, 6) is -0.0579. The molecule has 1 fully saturated rings. The molecule has 2 aliphatic rings. The van der Waals surface area contributed by atoms with Gasteiger partial charge in [0.25, 0.3) is 0 Å². The van der Waals surface area contributed by atoms with Crippen molar-refractivity contribution < 1.29 is 14.7 Å². The van der Waals surface area contributed by atoms with Gasteiger partial charge in [0.1, 0.15) is 0 Å². The average molecular weight is 373 g/mol. The van der Waals surface area contributed by atoms with Crippen molar-refractivity contribution in [2.45, 2.75) is 57.7 Å². The van der Waals surface area contributed by atoms with Gasteiger partial charge in [-0.2, -0.15) is 0 Å². The number of hydrogen-bond donors (Lipinski definition) is 2. The average Bonchev–Trinajstić information content (AvgIpc) is 3.07. The number of carbonyl (C=O) groups excluding carboxylic acids is 2. The summed E-state index contributed by atoms with van der Waals surface area (Å²) < 4.78 is 0. The first-order valence-corrected chi connectivity index (χ1v) is 10.0. The predicted octanol–water partition coefficient (Wildman–Crippen LogP) is 0.964. The molecule has 148 valence electrons. The third-order valence-electron chi connectivity index (χ3n) is 5.74. The van der Waals surface area contributed by atoms with Crippen LogP contribution >= 0.6 is 0 Å². The van der Waals surface area contributed by atoms with E-state index in [-0.39, 0.29) is 36.9 Å². The first-order valence-electron chi connectivity index (χ1n) is 10.0. The zero-order valence-corrected chi connectivity index (χ0v) is 16.4. The molecular formula is C21H31N3O3. The minimum atomic E-state index is -0.416. The maximum absolute atomic E-state index is 12.9. The fourth-order valence-electron chi connectivity index (χ4n) is 4.34. The van der Waals surface area contributed by atoms with E-state index >= 15 is 0 Å². The molecule has 0 bridgehead atoms. The van der Waals surface area contributed by atoms with Crippen LogP contribution in [0.4, 0.5) is 0 Å². The Kier molecular flexibility index (Phi) is 6.50. The van der Waals surface area contributed by atoms with Crippen LogP contribution in [0.15, 0.2) is 24.3 Å². The highest BCUT2D eigenvalue weighted by molar-refractivity contribution is 5.89. The van der Waals surface area contributed by atoms with Gasteiger partial charge in [0.2, 0.25) is 11.8 Å². The highest BCUT2D eigenvalue weighted by Crippen LogP contribution is 2.28. The molecule has 1 aromatic rings. The molecule has 6 heteroatoms. The van der Waals surface area contributed by atoms with Crippen molar-refractivity contribution in [1.29, 1.82) is 0 Å². The Hall–Kier alpha value is -1.92. The third kappa shape index (κ3) is 4.50. The van der Waals surface area contributed by atoms with E-state index in [0.29, 0.717) is 19.5 Å². The molecule has 1 unspecified atom stereocenters. The number of amides is 2. The molecule has 3 rings (SSSR count). The highest BCUT2D eigenvalue weighted by Gasteiger charge is 2.38. The van der Waals surface area contributed by atoms with Crippen LogP contribution in [0.3, 0.4) is 0 Å². The third-order valence-corrected chi connectivity index (χ3v) is 5.74. The van der Waals surface area contributed by atoms with E-state index in [2.05, 4.69) is 34.5 Å². The summed E-state index contributed by atoms with van der Waals surface area (Å²) in [6.45, 7) is 5.95. The van der Waals surface area contributed by atoms with Gasteiger partial charge < -0.3 is 15.3 Å². The van der Waals surface area contributed by atoms with Gasteiger partial charge in [0.15, 0.2) is 0 Å². The van der Waals surface area contributed by atoms with Gasteiger partial charge in [-0.25, -0.2) is 0 Å². The quantitative estimate of drug-likeness (QED) is 0.747. The van der Waals surface area contributed by atoms with E-state index in [0.717, 1.165) is 19.4 Å². The molecule has 2 amide bonds. The molecule has 2 N–H and O–H groups in total. The molecule has 1 aliphatic heterocycles. The summed E-state index contributed by atoms with van der Waals surface area (Å²) >= 11 is 0. The summed E-state index contributed by atoms with van der Waals surface area (Å²) in [5, 5.41) is 12.0. The highest BCUT2D eigenvalue weighted by atomic mass is 16.3. The molecule has 0 aromatic heterocycles. The lowest BCUT2D eigenvalue weighted by Crippen LogP contribution is -2.60. The molecule has 0 radical (unpaired) electrons. The van der Waals surface area contributed by atoms with Crippen molar-refractivity contribution in [2.24, 2.45) is 0 Å². The first-order chi connectivity index (χ1) is 13.0. The molecule has 1 atom stereocenters. The lowest BCUT2D eigenvalue weighted by atomic mass is 10.0. The van der Waals surface area contributed by atoms with E-state index in [1.54, 1.807) is 4.90 Å². The van der Waals surface area contributed by atoms with Crippen LogP contribution in [0.5, 0.6) is 0 Å². The van der Waals surface area contributed by atoms with Crippen LogP contribution in [0, 0.1) is 0 Å². The van der Waals surface area contributed by atoms with Crippen molar-refractivity contribution in [3.05, 3.63) is 35.4 Å². The van der Waals surface area contributed by atoms with Crippen LogP contribution in [0.25, 0.3) is 0 Å². The van der Waals surface area contributed by atoms with Crippen LogP contribution in [0.2, 0.25) is 0 Å². The first kappa shape index (κ1) is 19.8. The van der Waals surface area contributed by atoms with Gasteiger partial charge in [0.05, 0.1) is 12.5 Å². The molecular weight excluding hydrogens is 342 g/mol. The molecule has 27 heavy (non-hydrogen) atoms. The number of benzene rings is 1. The lowest BCUT2D eigenvalue weighted by Gasteiger charge is -2.40. The van der Waals surface area contributed by atoms with Gasteiger partial charge in [-0.15, -0.1) is 0 Å². The topological polar surface area (TPSA) is 72.9 Å². The van der Waals surface area contributed by atoms with Gasteiger partial charge in [-0.1, -0.05) is 24.3 Å². The smallest absolute Gasteiger partial charge is 0.237 e. The molecule has 1 heterocycles. The van der Waals surface area contributed by atoms with Crippen LogP contribution < -0.4 is 5.32 Å². The largest absolute Gasteiger partial charge is 0.396 e. The Morgan fingerprint density at radius 1 is 1.30 bits per heavy atom. The van der Waals surface area contributed by atoms with Crippen LogP contribution in [-0.4, -0.2) is 71.1 Å². The summed E-state index contributed by atoms with van der Waals surface area (Å²) in [6, 6.07) is 8.36. The Bertz CT molecular complexity index is 651. The predicted molar refractivity (Wildman–Crippen MR) is 104 cm³/mol. The standard InChI is InChI=1S/C21H31N3O3/c1-15(2)23(9-5-11-25)20(26)14-19-21(27)22-8-10-24(19)18-12-16-6-3-4-7-17(16)13-18/h3-4,6-7,15,18-19,25H,5,8-14H2,1-2H3,(H,22,27). The van der Waals surface area contributed by atoms with Crippen molar-refractivity contribution in [3.8, 4) is 0 Å². The van der Waals surface area contributed by atoms with Gasteiger partial charge >= 0.3 is 0 Å². The number of rotatable bonds is 7. The second kappa shape index (κ2) is 8.85. The number of fused-ring (bicyclic) bond motifs is 1. The molecule has 1 aliphatic carbocycles. The summed E-state index contributed by atoms with van der Waals surface area (Å²) in [7, 11) is 0. The van der Waals surface area contributed by atoms with Gasteiger partial charge in [-0.05, 0) is 44.2 Å². The fourth-order valence-corrected chi connectivity index (χ4v) is 4.34. The minimum Gasteiger partial charge on any atom is -0.396 e.